The summed E-state index contributed by atoms with van der Waals surface area (Å²) in [7, 11) is -3.15. The van der Waals surface area contributed by atoms with Crippen molar-refractivity contribution in [3.8, 4) is 0 Å². The molecular formula is C11H16BrFN2O2S. The Morgan fingerprint density at radius 3 is 2.61 bits per heavy atom. The minimum atomic E-state index is -3.15. The second-order valence-corrected chi connectivity index (χ2v) is 6.70. The Labute approximate surface area is 115 Å². The molecule has 1 rings (SSSR count). The Balaban J connectivity index is 2.45. The molecule has 1 unspecified atom stereocenters. The molecule has 0 saturated heterocycles. The number of hydrogen-bond acceptors (Lipinski definition) is 3. The van der Waals surface area contributed by atoms with Crippen LogP contribution in [0.2, 0.25) is 0 Å². The molecule has 0 heterocycles. The molecule has 18 heavy (non-hydrogen) atoms. The molecule has 0 spiro atoms. The maximum atomic E-state index is 13.1. The molecule has 1 aromatic carbocycles. The number of rotatable bonds is 6. The quantitative estimate of drug-likeness (QED) is 0.777. The first-order valence-electron chi connectivity index (χ1n) is 5.42. The van der Waals surface area contributed by atoms with Crippen LogP contribution in [0.5, 0.6) is 0 Å². The molecule has 0 aromatic heterocycles. The number of hydrogen-bond donors (Lipinski definition) is 2. The predicted molar refractivity (Wildman–Crippen MR) is 73.4 cm³/mol. The fourth-order valence-electron chi connectivity index (χ4n) is 1.42. The summed E-state index contributed by atoms with van der Waals surface area (Å²) in [6.07, 6.45) is 1.12. The van der Waals surface area contributed by atoms with Crippen LogP contribution < -0.4 is 10.0 Å². The van der Waals surface area contributed by atoms with E-state index in [-0.39, 0.29) is 11.9 Å². The normalized spacial score (nSPS) is 13.6. The van der Waals surface area contributed by atoms with Gasteiger partial charge in [-0.25, -0.2) is 17.5 Å². The van der Waals surface area contributed by atoms with Gasteiger partial charge in [0.05, 0.1) is 10.7 Å². The zero-order valence-electron chi connectivity index (χ0n) is 10.2. The van der Waals surface area contributed by atoms with Crippen molar-refractivity contribution in [3.05, 3.63) is 34.1 Å². The molecule has 0 radical (unpaired) electrons. The molecule has 0 fully saturated rings. The summed E-state index contributed by atoms with van der Waals surface area (Å²) in [6, 6.07) is 4.81. The molecule has 0 aliphatic carbocycles. The van der Waals surface area contributed by atoms with Crippen LogP contribution >= 0.6 is 15.9 Å². The predicted octanol–water partition coefficient (Wildman–Crippen LogP) is 1.79. The Bertz CT molecular complexity index is 508. The Kier molecular flexibility index (Phi) is 5.71. The highest BCUT2D eigenvalue weighted by atomic mass is 79.9. The highest BCUT2D eigenvalue weighted by molar-refractivity contribution is 9.10. The van der Waals surface area contributed by atoms with Crippen molar-refractivity contribution in [2.24, 2.45) is 0 Å². The molecule has 0 bridgehead atoms. The summed E-state index contributed by atoms with van der Waals surface area (Å²) < 4.78 is 37.5. The summed E-state index contributed by atoms with van der Waals surface area (Å²) in [4.78, 5) is 0. The number of nitrogens with one attached hydrogen (secondary N) is 2. The molecule has 1 aromatic rings. The molecular weight excluding hydrogens is 323 g/mol. The zero-order chi connectivity index (χ0) is 13.8. The number of sulfonamides is 1. The van der Waals surface area contributed by atoms with Crippen LogP contribution in [0.4, 0.5) is 4.39 Å². The fraction of sp³-hybridized carbons (Fsp3) is 0.455. The van der Waals surface area contributed by atoms with Crippen LogP contribution in [-0.2, 0) is 10.0 Å². The van der Waals surface area contributed by atoms with E-state index in [0.717, 1.165) is 11.8 Å². The second-order valence-electron chi connectivity index (χ2n) is 4.02. The van der Waals surface area contributed by atoms with Crippen molar-refractivity contribution in [2.75, 3.05) is 19.3 Å². The summed E-state index contributed by atoms with van der Waals surface area (Å²) >= 11 is 3.13. The number of benzene rings is 1. The van der Waals surface area contributed by atoms with Crippen molar-refractivity contribution < 1.29 is 12.8 Å². The van der Waals surface area contributed by atoms with Crippen molar-refractivity contribution in [1.29, 1.82) is 0 Å². The smallest absolute Gasteiger partial charge is 0.208 e. The standard InChI is InChI=1S/C11H16BrFN2O2S/c1-8(14-5-6-15-18(2,16)17)9-3-4-11(13)10(12)7-9/h3-4,7-8,14-15H,5-6H2,1-2H3. The second kappa shape index (κ2) is 6.60. The van der Waals surface area contributed by atoms with Gasteiger partial charge in [-0.15, -0.1) is 0 Å². The third-order valence-electron chi connectivity index (χ3n) is 2.38. The van der Waals surface area contributed by atoms with Crippen molar-refractivity contribution in [3.63, 3.8) is 0 Å². The Morgan fingerprint density at radius 1 is 1.39 bits per heavy atom. The van der Waals surface area contributed by atoms with E-state index in [0.29, 0.717) is 17.6 Å². The van der Waals surface area contributed by atoms with Gasteiger partial charge in [-0.05, 0) is 40.5 Å². The number of halogens is 2. The maximum Gasteiger partial charge on any atom is 0.208 e. The van der Waals surface area contributed by atoms with Crippen molar-refractivity contribution >= 4 is 26.0 Å². The van der Waals surface area contributed by atoms with Gasteiger partial charge in [-0.3, -0.25) is 0 Å². The maximum absolute atomic E-state index is 13.1. The van der Waals surface area contributed by atoms with Gasteiger partial charge >= 0.3 is 0 Å². The average Bonchev–Trinajstić information content (AvgIpc) is 2.26. The van der Waals surface area contributed by atoms with E-state index in [1.807, 2.05) is 6.92 Å². The van der Waals surface area contributed by atoms with Crippen LogP contribution in [-0.4, -0.2) is 27.8 Å². The van der Waals surface area contributed by atoms with E-state index >= 15 is 0 Å². The van der Waals surface area contributed by atoms with Crippen molar-refractivity contribution in [1.82, 2.24) is 10.0 Å². The van der Waals surface area contributed by atoms with E-state index in [2.05, 4.69) is 26.0 Å². The van der Waals surface area contributed by atoms with Crippen LogP contribution in [0.3, 0.4) is 0 Å². The van der Waals surface area contributed by atoms with Gasteiger partial charge in [-0.2, -0.15) is 0 Å². The minimum absolute atomic E-state index is 0.0169. The molecule has 0 aliphatic rings. The molecule has 0 amide bonds. The van der Waals surface area contributed by atoms with Gasteiger partial charge in [0.25, 0.3) is 0 Å². The molecule has 4 nitrogen and oxygen atoms in total. The van der Waals surface area contributed by atoms with Gasteiger partial charge in [0, 0.05) is 19.1 Å². The van der Waals surface area contributed by atoms with E-state index in [1.165, 1.54) is 6.07 Å². The first-order valence-corrected chi connectivity index (χ1v) is 8.11. The van der Waals surface area contributed by atoms with E-state index in [1.54, 1.807) is 12.1 Å². The minimum Gasteiger partial charge on any atom is -0.309 e. The van der Waals surface area contributed by atoms with E-state index in [9.17, 15) is 12.8 Å². The lowest BCUT2D eigenvalue weighted by Gasteiger charge is -2.14. The Hall–Kier alpha value is -0.500. The summed E-state index contributed by atoms with van der Waals surface area (Å²) in [5.41, 5.74) is 0.933. The first kappa shape index (κ1) is 15.6. The SMILES string of the molecule is CC(NCCNS(C)(=O)=O)c1ccc(F)c(Br)c1. The largest absolute Gasteiger partial charge is 0.309 e. The Morgan fingerprint density at radius 2 is 2.06 bits per heavy atom. The first-order chi connectivity index (χ1) is 8.29. The van der Waals surface area contributed by atoms with Crippen LogP contribution in [0, 0.1) is 5.82 Å². The van der Waals surface area contributed by atoms with Gasteiger partial charge in [0.1, 0.15) is 5.82 Å². The van der Waals surface area contributed by atoms with Crippen LogP contribution in [0.1, 0.15) is 18.5 Å². The van der Waals surface area contributed by atoms with Gasteiger partial charge in [0.15, 0.2) is 0 Å². The monoisotopic (exact) mass is 338 g/mol. The highest BCUT2D eigenvalue weighted by Gasteiger charge is 2.07. The molecule has 7 heteroatoms. The van der Waals surface area contributed by atoms with E-state index in [4.69, 9.17) is 0 Å². The highest BCUT2D eigenvalue weighted by Crippen LogP contribution is 2.20. The molecule has 1 atom stereocenters. The van der Waals surface area contributed by atoms with Gasteiger partial charge in [-0.1, -0.05) is 6.07 Å². The summed E-state index contributed by atoms with van der Waals surface area (Å²) in [6.45, 7) is 2.76. The lowest BCUT2D eigenvalue weighted by molar-refractivity contribution is 0.554. The topological polar surface area (TPSA) is 58.2 Å². The average molecular weight is 339 g/mol. The lowest BCUT2D eigenvalue weighted by Crippen LogP contribution is -2.32. The molecule has 2 N–H and O–H groups in total. The third-order valence-corrected chi connectivity index (χ3v) is 3.72. The van der Waals surface area contributed by atoms with Gasteiger partial charge < -0.3 is 5.32 Å². The molecule has 102 valence electrons. The zero-order valence-corrected chi connectivity index (χ0v) is 12.6. The van der Waals surface area contributed by atoms with Gasteiger partial charge in [0.2, 0.25) is 10.0 Å². The van der Waals surface area contributed by atoms with Crippen molar-refractivity contribution in [2.45, 2.75) is 13.0 Å². The van der Waals surface area contributed by atoms with Crippen LogP contribution in [0.25, 0.3) is 0 Å². The third kappa shape index (κ3) is 5.43. The summed E-state index contributed by atoms with van der Waals surface area (Å²) in [5, 5.41) is 3.15. The fourth-order valence-corrected chi connectivity index (χ4v) is 2.29. The molecule has 0 saturated carbocycles. The van der Waals surface area contributed by atoms with E-state index < -0.39 is 10.0 Å². The summed E-state index contributed by atoms with van der Waals surface area (Å²) in [5.74, 6) is -0.301. The van der Waals surface area contributed by atoms with Crippen LogP contribution in [0.15, 0.2) is 22.7 Å². The molecule has 0 aliphatic heterocycles. The lowest BCUT2D eigenvalue weighted by atomic mass is 10.1.